The minimum absolute atomic E-state index is 0. The first-order valence-corrected chi connectivity index (χ1v) is 6.75. The van der Waals surface area contributed by atoms with E-state index in [9.17, 15) is 4.79 Å². The maximum Gasteiger partial charge on any atom is 0.227 e. The van der Waals surface area contributed by atoms with Gasteiger partial charge in [0.1, 0.15) is 0 Å². The lowest BCUT2D eigenvalue weighted by Crippen LogP contribution is -2.36. The van der Waals surface area contributed by atoms with Crippen molar-refractivity contribution in [1.29, 1.82) is 0 Å². The lowest BCUT2D eigenvalue weighted by atomic mass is 10.0. The van der Waals surface area contributed by atoms with E-state index < -0.39 is 0 Å². The summed E-state index contributed by atoms with van der Waals surface area (Å²) < 4.78 is 1.81. The third kappa shape index (κ3) is 3.27. The van der Waals surface area contributed by atoms with Crippen LogP contribution in [0.15, 0.2) is 12.4 Å². The van der Waals surface area contributed by atoms with E-state index in [1.165, 1.54) is 5.56 Å². The van der Waals surface area contributed by atoms with Crippen molar-refractivity contribution in [3.8, 4) is 0 Å². The number of rotatable bonds is 2. The first-order valence-electron chi connectivity index (χ1n) is 6.75. The summed E-state index contributed by atoms with van der Waals surface area (Å²) in [6, 6.07) is 0.242. The zero-order chi connectivity index (χ0) is 12.5. The standard InChI is InChI=1S/C13H20N4O.2ClH/c1-16-9-11(8-15-16)12-3-2-6-17(12)13(18)10-4-5-14-7-10;;/h8-10,12,14H,2-7H2,1H3;2*1H. The number of hydrogen-bond donors (Lipinski definition) is 1. The SMILES string of the molecule is Cl.Cl.Cn1cc(C2CCCN2C(=O)C2CCNC2)cn1. The third-order valence-corrected chi connectivity index (χ3v) is 4.06. The summed E-state index contributed by atoms with van der Waals surface area (Å²) in [4.78, 5) is 14.6. The molecule has 2 aliphatic rings. The Labute approximate surface area is 131 Å². The summed E-state index contributed by atoms with van der Waals surface area (Å²) in [5, 5.41) is 7.49. The van der Waals surface area contributed by atoms with E-state index in [1.54, 1.807) is 0 Å². The molecule has 3 rings (SSSR count). The van der Waals surface area contributed by atoms with Gasteiger partial charge in [0.25, 0.3) is 0 Å². The van der Waals surface area contributed by atoms with Crippen LogP contribution in [0.25, 0.3) is 0 Å². The topological polar surface area (TPSA) is 50.2 Å². The molecule has 2 unspecified atom stereocenters. The first-order chi connectivity index (χ1) is 8.75. The first kappa shape index (κ1) is 17.3. The van der Waals surface area contributed by atoms with Crippen molar-refractivity contribution in [2.24, 2.45) is 13.0 Å². The molecule has 0 spiro atoms. The number of aryl methyl sites for hydroxylation is 1. The van der Waals surface area contributed by atoms with Crippen LogP contribution in [-0.4, -0.2) is 40.2 Å². The number of carbonyl (C=O) groups is 1. The minimum atomic E-state index is 0. The molecule has 0 bridgehead atoms. The average Bonchev–Trinajstić information content (AvgIpc) is 3.09. The van der Waals surface area contributed by atoms with E-state index in [0.717, 1.165) is 38.9 Å². The van der Waals surface area contributed by atoms with E-state index in [-0.39, 0.29) is 36.8 Å². The van der Waals surface area contributed by atoms with Crippen LogP contribution in [0.1, 0.15) is 30.9 Å². The van der Waals surface area contributed by atoms with Gasteiger partial charge in [0.2, 0.25) is 5.91 Å². The van der Waals surface area contributed by atoms with Gasteiger partial charge in [-0.25, -0.2) is 0 Å². The Morgan fingerprint density at radius 1 is 1.40 bits per heavy atom. The molecule has 20 heavy (non-hydrogen) atoms. The van der Waals surface area contributed by atoms with Crippen molar-refractivity contribution in [2.45, 2.75) is 25.3 Å². The summed E-state index contributed by atoms with van der Waals surface area (Å²) in [6.45, 7) is 2.71. The number of nitrogens with one attached hydrogen (secondary N) is 1. The molecule has 3 heterocycles. The number of carbonyl (C=O) groups excluding carboxylic acids is 1. The average molecular weight is 321 g/mol. The van der Waals surface area contributed by atoms with Gasteiger partial charge in [-0.15, -0.1) is 24.8 Å². The highest BCUT2D eigenvalue weighted by Gasteiger charge is 2.35. The van der Waals surface area contributed by atoms with Crippen LogP contribution in [-0.2, 0) is 11.8 Å². The highest BCUT2D eigenvalue weighted by Crippen LogP contribution is 2.33. The zero-order valence-corrected chi connectivity index (χ0v) is 13.3. The fourth-order valence-corrected chi connectivity index (χ4v) is 3.09. The number of halogens is 2. The van der Waals surface area contributed by atoms with Crippen molar-refractivity contribution in [3.63, 3.8) is 0 Å². The molecule has 0 saturated carbocycles. The summed E-state index contributed by atoms with van der Waals surface area (Å²) in [5.41, 5.74) is 1.18. The van der Waals surface area contributed by atoms with Crippen molar-refractivity contribution >= 4 is 30.7 Å². The summed E-state index contributed by atoms with van der Waals surface area (Å²) in [7, 11) is 1.92. The Kier molecular flexibility index (Phi) is 6.30. The van der Waals surface area contributed by atoms with Crippen molar-refractivity contribution in [2.75, 3.05) is 19.6 Å². The fraction of sp³-hybridized carbons (Fsp3) is 0.692. The Morgan fingerprint density at radius 3 is 2.80 bits per heavy atom. The minimum Gasteiger partial charge on any atom is -0.335 e. The molecule has 2 fully saturated rings. The molecule has 1 N–H and O–H groups in total. The van der Waals surface area contributed by atoms with Crippen LogP contribution in [0.5, 0.6) is 0 Å². The van der Waals surface area contributed by atoms with Gasteiger partial charge in [0, 0.05) is 31.9 Å². The van der Waals surface area contributed by atoms with Crippen LogP contribution in [0.4, 0.5) is 0 Å². The largest absolute Gasteiger partial charge is 0.335 e. The Balaban J connectivity index is 0.000001000. The Bertz CT molecular complexity index is 445. The van der Waals surface area contributed by atoms with Crippen molar-refractivity contribution in [1.82, 2.24) is 20.0 Å². The lowest BCUT2D eigenvalue weighted by Gasteiger charge is -2.26. The molecule has 0 aliphatic carbocycles. The van der Waals surface area contributed by atoms with Gasteiger partial charge < -0.3 is 10.2 Å². The van der Waals surface area contributed by atoms with Crippen LogP contribution in [0.3, 0.4) is 0 Å². The highest BCUT2D eigenvalue weighted by atomic mass is 35.5. The van der Waals surface area contributed by atoms with Crippen LogP contribution in [0.2, 0.25) is 0 Å². The molecule has 2 aliphatic heterocycles. The highest BCUT2D eigenvalue weighted by molar-refractivity contribution is 5.85. The number of nitrogens with zero attached hydrogens (tertiary/aromatic N) is 3. The third-order valence-electron chi connectivity index (χ3n) is 4.06. The number of hydrogen-bond acceptors (Lipinski definition) is 3. The van der Waals surface area contributed by atoms with Crippen molar-refractivity contribution in [3.05, 3.63) is 18.0 Å². The van der Waals surface area contributed by atoms with Crippen molar-refractivity contribution < 1.29 is 4.79 Å². The van der Waals surface area contributed by atoms with Crippen LogP contribution < -0.4 is 5.32 Å². The van der Waals surface area contributed by atoms with Gasteiger partial charge in [-0.05, 0) is 25.8 Å². The summed E-state index contributed by atoms with van der Waals surface area (Å²) >= 11 is 0. The molecule has 5 nitrogen and oxygen atoms in total. The quantitative estimate of drug-likeness (QED) is 0.899. The van der Waals surface area contributed by atoms with Gasteiger partial charge in [-0.1, -0.05) is 0 Å². The maximum atomic E-state index is 12.5. The van der Waals surface area contributed by atoms with Crippen LogP contribution >= 0.6 is 24.8 Å². The van der Waals surface area contributed by atoms with E-state index in [4.69, 9.17) is 0 Å². The molecule has 1 aromatic heterocycles. The van der Waals surface area contributed by atoms with Gasteiger partial charge in [0.05, 0.1) is 18.2 Å². The van der Waals surface area contributed by atoms with E-state index in [0.29, 0.717) is 5.91 Å². The number of aromatic nitrogens is 2. The Hall–Kier alpha value is -0.780. The molecule has 0 radical (unpaired) electrons. The molecule has 7 heteroatoms. The molecular formula is C13H22Cl2N4O. The molecule has 2 atom stereocenters. The fourth-order valence-electron chi connectivity index (χ4n) is 3.09. The lowest BCUT2D eigenvalue weighted by molar-refractivity contribution is -0.135. The number of amides is 1. The van der Waals surface area contributed by atoms with E-state index >= 15 is 0 Å². The molecule has 0 aromatic carbocycles. The second-order valence-electron chi connectivity index (χ2n) is 5.33. The molecule has 114 valence electrons. The predicted octanol–water partition coefficient (Wildman–Crippen LogP) is 1.54. The smallest absolute Gasteiger partial charge is 0.227 e. The maximum absolute atomic E-state index is 12.5. The van der Waals surface area contributed by atoms with Crippen LogP contribution in [0, 0.1) is 5.92 Å². The molecule has 1 amide bonds. The Morgan fingerprint density at radius 2 is 2.20 bits per heavy atom. The summed E-state index contributed by atoms with van der Waals surface area (Å²) in [6.07, 6.45) is 7.07. The molecule has 1 aromatic rings. The van der Waals surface area contributed by atoms with Gasteiger partial charge in [-0.3, -0.25) is 9.48 Å². The van der Waals surface area contributed by atoms with Gasteiger partial charge >= 0.3 is 0 Å². The molecule has 2 saturated heterocycles. The monoisotopic (exact) mass is 320 g/mol. The second-order valence-corrected chi connectivity index (χ2v) is 5.33. The molecular weight excluding hydrogens is 299 g/mol. The number of likely N-dealkylation sites (tertiary alicyclic amines) is 1. The van der Waals surface area contributed by atoms with E-state index in [1.807, 2.05) is 24.1 Å². The normalized spacial score (nSPS) is 25.1. The second kappa shape index (κ2) is 7.29. The van der Waals surface area contributed by atoms with Gasteiger partial charge in [0.15, 0.2) is 0 Å². The van der Waals surface area contributed by atoms with Gasteiger partial charge in [-0.2, -0.15) is 5.10 Å². The predicted molar refractivity (Wildman–Crippen MR) is 82.4 cm³/mol. The summed E-state index contributed by atoms with van der Waals surface area (Å²) in [5.74, 6) is 0.508. The van der Waals surface area contributed by atoms with E-state index in [2.05, 4.69) is 15.3 Å². The zero-order valence-electron chi connectivity index (χ0n) is 11.6.